The summed E-state index contributed by atoms with van der Waals surface area (Å²) < 4.78 is 1.83. The summed E-state index contributed by atoms with van der Waals surface area (Å²) in [6, 6.07) is 5.51. The molecule has 8 heteroatoms. The third-order valence-electron chi connectivity index (χ3n) is 6.13. The van der Waals surface area contributed by atoms with Crippen LogP contribution >= 0.6 is 11.6 Å². The van der Waals surface area contributed by atoms with Gasteiger partial charge in [-0.1, -0.05) is 30.5 Å². The van der Waals surface area contributed by atoms with Gasteiger partial charge in [0.15, 0.2) is 5.82 Å². The first-order valence-electron chi connectivity index (χ1n) is 10.2. The number of rotatable bonds is 4. The van der Waals surface area contributed by atoms with Crippen LogP contribution in [0.1, 0.15) is 47.3 Å². The van der Waals surface area contributed by atoms with Crippen molar-refractivity contribution in [3.8, 4) is 0 Å². The van der Waals surface area contributed by atoms with Gasteiger partial charge in [0.2, 0.25) is 5.43 Å². The molecule has 3 aromatic rings. The molecule has 0 radical (unpaired) electrons. The predicted octanol–water partition coefficient (Wildman–Crippen LogP) is 3.85. The number of halogens is 1. The number of carboxylic acid groups (broad SMARTS) is 1. The average Bonchev–Trinajstić information content (AvgIpc) is 3.39. The Hall–Kier alpha value is -2.93. The van der Waals surface area contributed by atoms with Gasteiger partial charge in [0.05, 0.1) is 22.6 Å². The highest BCUT2D eigenvalue weighted by Crippen LogP contribution is 2.33. The van der Waals surface area contributed by atoms with Crippen LogP contribution in [0.15, 0.2) is 35.4 Å². The van der Waals surface area contributed by atoms with Gasteiger partial charge in [-0.3, -0.25) is 9.78 Å². The average molecular weight is 425 g/mol. The summed E-state index contributed by atoms with van der Waals surface area (Å²) in [4.78, 5) is 35.7. The molecule has 7 nitrogen and oxygen atoms in total. The highest BCUT2D eigenvalue weighted by atomic mass is 35.5. The second kappa shape index (κ2) is 7.40. The summed E-state index contributed by atoms with van der Waals surface area (Å²) in [5.41, 5.74) is 1.80. The van der Waals surface area contributed by atoms with Crippen molar-refractivity contribution in [1.29, 1.82) is 0 Å². The Kier molecular flexibility index (Phi) is 4.70. The van der Waals surface area contributed by atoms with Gasteiger partial charge >= 0.3 is 5.97 Å². The first-order chi connectivity index (χ1) is 14.5. The quantitative estimate of drug-likeness (QED) is 0.684. The minimum Gasteiger partial charge on any atom is -0.477 e. The van der Waals surface area contributed by atoms with Gasteiger partial charge in [0.25, 0.3) is 0 Å². The molecule has 0 amide bonds. The SMILES string of the molecule is O=C(O)c1cn(CC2CCCC2)c2nc(N3Cc4cccnc4C3)c(Cl)cc2c1=O. The van der Waals surface area contributed by atoms with Crippen molar-refractivity contribution in [3.05, 3.63) is 62.7 Å². The highest BCUT2D eigenvalue weighted by molar-refractivity contribution is 6.33. The lowest BCUT2D eigenvalue weighted by molar-refractivity contribution is 0.0694. The molecule has 30 heavy (non-hydrogen) atoms. The maximum Gasteiger partial charge on any atom is 0.341 e. The number of fused-ring (bicyclic) bond motifs is 2. The highest BCUT2D eigenvalue weighted by Gasteiger charge is 2.26. The van der Waals surface area contributed by atoms with E-state index in [2.05, 4.69) is 4.98 Å². The fourth-order valence-electron chi connectivity index (χ4n) is 4.61. The molecular weight excluding hydrogens is 404 g/mol. The number of hydrogen-bond acceptors (Lipinski definition) is 5. The molecule has 0 aromatic carbocycles. The molecule has 1 saturated carbocycles. The van der Waals surface area contributed by atoms with Crippen LogP contribution in [0.3, 0.4) is 0 Å². The van der Waals surface area contributed by atoms with Crippen LogP contribution in [-0.4, -0.2) is 25.6 Å². The number of carbonyl (C=O) groups is 1. The van der Waals surface area contributed by atoms with Gasteiger partial charge in [-0.2, -0.15) is 0 Å². The molecule has 0 unspecified atom stereocenters. The molecule has 1 aliphatic heterocycles. The molecule has 154 valence electrons. The number of hydrogen-bond donors (Lipinski definition) is 1. The summed E-state index contributed by atoms with van der Waals surface area (Å²) in [6.45, 7) is 1.88. The molecule has 1 fully saturated rings. The summed E-state index contributed by atoms with van der Waals surface area (Å²) in [5.74, 6) is -0.188. The third-order valence-corrected chi connectivity index (χ3v) is 6.41. The zero-order valence-electron chi connectivity index (χ0n) is 16.3. The van der Waals surface area contributed by atoms with Crippen LogP contribution in [0, 0.1) is 5.92 Å². The normalized spacial score (nSPS) is 16.4. The monoisotopic (exact) mass is 424 g/mol. The van der Waals surface area contributed by atoms with Gasteiger partial charge in [0, 0.05) is 25.5 Å². The van der Waals surface area contributed by atoms with Crippen LogP contribution in [0.4, 0.5) is 5.82 Å². The Labute approximate surface area is 177 Å². The van der Waals surface area contributed by atoms with E-state index in [4.69, 9.17) is 16.6 Å². The second-order valence-electron chi connectivity index (χ2n) is 8.11. The van der Waals surface area contributed by atoms with Crippen LogP contribution < -0.4 is 10.3 Å². The van der Waals surface area contributed by atoms with Gasteiger partial charge < -0.3 is 14.6 Å². The maximum absolute atomic E-state index is 12.8. The van der Waals surface area contributed by atoms with Crippen molar-refractivity contribution in [3.63, 3.8) is 0 Å². The Morgan fingerprint density at radius 2 is 2.07 bits per heavy atom. The van der Waals surface area contributed by atoms with Crippen molar-refractivity contribution in [2.75, 3.05) is 4.90 Å². The topological polar surface area (TPSA) is 88.3 Å². The number of anilines is 1. The Morgan fingerprint density at radius 3 is 2.80 bits per heavy atom. The standard InChI is InChI=1S/C22H21ClN4O3/c23-17-8-15-19(28)16(22(29)30)11-26(9-13-4-1-2-5-13)20(15)25-21(17)27-10-14-6-3-7-24-18(14)12-27/h3,6-8,11,13H,1-2,4-5,9-10,12H2,(H,29,30). The van der Waals surface area contributed by atoms with E-state index in [9.17, 15) is 14.7 Å². The first-order valence-corrected chi connectivity index (χ1v) is 10.5. The van der Waals surface area contributed by atoms with Crippen molar-refractivity contribution in [1.82, 2.24) is 14.5 Å². The summed E-state index contributed by atoms with van der Waals surface area (Å²) >= 11 is 6.53. The lowest BCUT2D eigenvalue weighted by Gasteiger charge is -2.21. The number of aromatic carboxylic acids is 1. The molecule has 1 N–H and O–H groups in total. The van der Waals surface area contributed by atoms with Crippen molar-refractivity contribution in [2.45, 2.75) is 45.3 Å². The molecule has 0 atom stereocenters. The summed E-state index contributed by atoms with van der Waals surface area (Å²) in [6.07, 6.45) is 7.77. The van der Waals surface area contributed by atoms with E-state index in [-0.39, 0.29) is 10.9 Å². The van der Waals surface area contributed by atoms with Crippen molar-refractivity contribution >= 4 is 34.4 Å². The molecule has 2 aliphatic rings. The number of pyridine rings is 3. The summed E-state index contributed by atoms with van der Waals surface area (Å²) in [5, 5.41) is 10.1. The maximum atomic E-state index is 12.8. The lowest BCUT2D eigenvalue weighted by Crippen LogP contribution is -2.23. The van der Waals surface area contributed by atoms with Crippen LogP contribution in [-0.2, 0) is 19.6 Å². The molecule has 3 aromatic heterocycles. The van der Waals surface area contributed by atoms with Gasteiger partial charge in [0.1, 0.15) is 11.2 Å². The van der Waals surface area contributed by atoms with Crippen LogP contribution in [0.5, 0.6) is 0 Å². The Bertz CT molecular complexity index is 1190. The molecular formula is C22H21ClN4O3. The Balaban J connectivity index is 1.64. The Morgan fingerprint density at radius 1 is 1.27 bits per heavy atom. The molecule has 0 saturated heterocycles. The third kappa shape index (κ3) is 3.23. The van der Waals surface area contributed by atoms with E-state index in [1.165, 1.54) is 19.0 Å². The van der Waals surface area contributed by atoms with E-state index in [1.807, 2.05) is 21.6 Å². The lowest BCUT2D eigenvalue weighted by atomic mass is 10.1. The number of aromatic nitrogens is 3. The van der Waals surface area contributed by atoms with Gasteiger partial charge in [-0.15, -0.1) is 0 Å². The van der Waals surface area contributed by atoms with Crippen LogP contribution in [0.25, 0.3) is 11.0 Å². The minimum atomic E-state index is -1.23. The van der Waals surface area contributed by atoms with E-state index in [1.54, 1.807) is 12.3 Å². The second-order valence-corrected chi connectivity index (χ2v) is 8.52. The van der Waals surface area contributed by atoms with Crippen molar-refractivity contribution < 1.29 is 9.90 Å². The largest absolute Gasteiger partial charge is 0.477 e. The first kappa shape index (κ1) is 19.1. The van der Waals surface area contributed by atoms with Crippen molar-refractivity contribution in [2.24, 2.45) is 5.92 Å². The zero-order valence-corrected chi connectivity index (χ0v) is 17.1. The number of carboxylic acids is 1. The number of nitrogens with zero attached hydrogens (tertiary/aromatic N) is 4. The van der Waals surface area contributed by atoms with Gasteiger partial charge in [-0.05, 0) is 36.5 Å². The molecule has 5 rings (SSSR count). The summed E-state index contributed by atoms with van der Waals surface area (Å²) in [7, 11) is 0. The molecule has 0 bridgehead atoms. The predicted molar refractivity (Wildman–Crippen MR) is 114 cm³/mol. The van der Waals surface area contributed by atoms with E-state index >= 15 is 0 Å². The minimum absolute atomic E-state index is 0.246. The fraction of sp³-hybridized carbons (Fsp3) is 0.364. The smallest absolute Gasteiger partial charge is 0.341 e. The van der Waals surface area contributed by atoms with E-state index < -0.39 is 11.4 Å². The van der Waals surface area contributed by atoms with E-state index in [0.29, 0.717) is 42.0 Å². The fourth-order valence-corrected chi connectivity index (χ4v) is 4.88. The zero-order chi connectivity index (χ0) is 20.8. The van der Waals surface area contributed by atoms with Gasteiger partial charge in [-0.25, -0.2) is 9.78 Å². The molecule has 1 aliphatic carbocycles. The van der Waals surface area contributed by atoms with E-state index in [0.717, 1.165) is 24.1 Å². The molecule has 0 spiro atoms. The molecule has 4 heterocycles. The van der Waals surface area contributed by atoms with Crippen LogP contribution in [0.2, 0.25) is 5.02 Å².